The summed E-state index contributed by atoms with van der Waals surface area (Å²) in [6.45, 7) is 29.1. The van der Waals surface area contributed by atoms with Crippen molar-refractivity contribution in [2.45, 2.75) is 284 Å². The zero-order valence-corrected chi connectivity index (χ0v) is 62.3. The van der Waals surface area contributed by atoms with Gasteiger partial charge in [0.05, 0.1) is 25.7 Å². The number of carbonyl (C=O) groups excluding carboxylic acids is 15. The van der Waals surface area contributed by atoms with Crippen LogP contribution in [-0.4, -0.2) is 228 Å². The summed E-state index contributed by atoms with van der Waals surface area (Å²) in [5.74, 6) is -12.0. The van der Waals surface area contributed by atoms with Crippen molar-refractivity contribution in [3.8, 4) is 0 Å². The van der Waals surface area contributed by atoms with Gasteiger partial charge >= 0.3 is 0 Å². The lowest BCUT2D eigenvalue weighted by molar-refractivity contribution is -0.146. The summed E-state index contributed by atoms with van der Waals surface area (Å²) in [6.07, 6.45) is 2.23. The van der Waals surface area contributed by atoms with E-state index in [0.29, 0.717) is 38.5 Å². The predicted molar refractivity (Wildman–Crippen MR) is 368 cm³/mol. The van der Waals surface area contributed by atoms with E-state index in [0.717, 1.165) is 0 Å². The Bertz CT molecular complexity index is 3000. The smallest absolute Gasteiger partial charge is 0.248 e. The van der Waals surface area contributed by atoms with Crippen LogP contribution in [0.4, 0.5) is 0 Å². The molecule has 3 heterocycles. The van der Waals surface area contributed by atoms with E-state index in [2.05, 4.69) is 58.5 Å². The Kier molecular flexibility index (Phi) is 31.5. The van der Waals surface area contributed by atoms with Gasteiger partial charge in [0.25, 0.3) is 0 Å². The van der Waals surface area contributed by atoms with E-state index in [1.54, 1.807) is 27.7 Å². The largest absolute Gasteiger partial charge is 0.394 e. The normalized spacial score (nSPS) is 18.8. The molecule has 0 saturated carbocycles. The first-order valence-corrected chi connectivity index (χ1v) is 34.9. The second-order valence-corrected chi connectivity index (χ2v) is 30.9. The predicted octanol–water partition coefficient (Wildman–Crippen LogP) is -1.59. The minimum Gasteiger partial charge on any atom is -0.394 e. The fourth-order valence-corrected chi connectivity index (χ4v) is 12.4. The van der Waals surface area contributed by atoms with Crippen LogP contribution < -0.4 is 64.2 Å². The molecule has 32 nitrogen and oxygen atoms in total. The Morgan fingerprint density at radius 3 is 1.17 bits per heavy atom. The van der Waals surface area contributed by atoms with E-state index in [-0.39, 0.29) is 69.7 Å². The molecule has 10 atom stereocenters. The third kappa shape index (κ3) is 24.4. The number of rotatable bonds is 36. The number of carbonyl (C=O) groups is 15. The number of nitrogens with one attached hydrogen (secondary N) is 11. The first-order valence-electron chi connectivity index (χ1n) is 34.9. The summed E-state index contributed by atoms with van der Waals surface area (Å²) in [6, 6.07) is -10.8. The van der Waals surface area contributed by atoms with E-state index in [9.17, 15) is 82.1 Å². The Balaban J connectivity index is 1.72. The van der Waals surface area contributed by atoms with Crippen LogP contribution in [0, 0.1) is 23.7 Å². The van der Waals surface area contributed by atoms with Gasteiger partial charge in [-0.2, -0.15) is 0 Å². The molecule has 0 bridgehead atoms. The van der Waals surface area contributed by atoms with Crippen LogP contribution in [0.5, 0.6) is 0 Å². The van der Waals surface area contributed by atoms with Gasteiger partial charge in [-0.15, -0.1) is 0 Å². The van der Waals surface area contributed by atoms with Gasteiger partial charge < -0.3 is 89.1 Å². The van der Waals surface area contributed by atoms with Crippen molar-refractivity contribution in [2.75, 3.05) is 32.8 Å². The highest BCUT2D eigenvalue weighted by Gasteiger charge is 2.48. The zero-order valence-electron chi connectivity index (χ0n) is 62.3. The van der Waals surface area contributed by atoms with Crippen molar-refractivity contribution in [3.05, 3.63) is 0 Å². The van der Waals surface area contributed by atoms with Crippen LogP contribution in [0.15, 0.2) is 0 Å². The molecular formula is C68H117N15O17. The molecule has 0 aromatic carbocycles. The fourth-order valence-electron chi connectivity index (χ4n) is 12.4. The third-order valence-corrected chi connectivity index (χ3v) is 18.0. The molecule has 0 spiro atoms. The molecule has 3 fully saturated rings. The fraction of sp³-hybridized carbons (Fsp3) is 0.779. The molecule has 32 heteroatoms. The Morgan fingerprint density at radius 2 is 0.790 bits per heavy atom. The van der Waals surface area contributed by atoms with Gasteiger partial charge in [0.2, 0.25) is 88.6 Å². The molecule has 3 saturated heterocycles. The molecule has 100 heavy (non-hydrogen) atoms. The number of amides is 15. The number of aliphatic hydroxyl groups excluding tert-OH is 2. The van der Waals surface area contributed by atoms with Crippen LogP contribution in [0.2, 0.25) is 0 Å². The van der Waals surface area contributed by atoms with Crippen LogP contribution in [0.25, 0.3) is 0 Å². The Labute approximate surface area is 588 Å². The first kappa shape index (κ1) is 86.2. The van der Waals surface area contributed by atoms with Crippen LogP contribution in [0.3, 0.4) is 0 Å². The summed E-state index contributed by atoms with van der Waals surface area (Å²) >= 11 is 0. The lowest BCUT2D eigenvalue weighted by atomic mass is 9.95. The van der Waals surface area contributed by atoms with E-state index in [1.165, 1.54) is 90.9 Å². The lowest BCUT2D eigenvalue weighted by Gasteiger charge is -2.36. The standard InChI is InChI=1S/C68H117N15O17/c1-20-39(8)50(75-52(89)45(35-85)72-56(93)47-25-22-28-82(47)62(99)66(14,15)77-53(90)42(31-37(4)5)71-51(88)44(33-49(69)87)74-59(96)64(10,11)76-40(9)86)58(95)80-68(18,19)63(100)83-29-23-26-48(83)57(94)79-65(12,13)60(97)73-43(32-38(6)7)54(91)78-67(16,17)61(98)81-27-21-24-46(81)55(92)70-41(34-84)30-36(2)3/h36-39,41-48,50,84-85H,20-35H2,1-19H3,(H2,69,87)(H,70,92)(H,71,88)(H,72,93)(H,73,97)(H,74,96)(H,75,89)(H,76,86)(H,77,90)(H,78,91)(H,79,94)(H,80,95)/t39-,41-,42-,43-,44-,45-,46-,47-,48-,50-/m0/s1. The van der Waals surface area contributed by atoms with Gasteiger partial charge in [-0.25, -0.2) is 0 Å². The van der Waals surface area contributed by atoms with E-state index >= 15 is 0 Å². The number of likely N-dealkylation sites (tertiary alicyclic amines) is 3. The summed E-state index contributed by atoms with van der Waals surface area (Å²) in [4.78, 5) is 210. The molecule has 0 aromatic rings. The Hall–Kier alpha value is -8.03. The molecule has 0 radical (unpaired) electrons. The molecule has 3 rings (SSSR count). The second kappa shape index (κ2) is 36.5. The maximum absolute atomic E-state index is 14.5. The average Bonchev–Trinajstić information content (AvgIpc) is 1.57. The Morgan fingerprint density at radius 1 is 0.420 bits per heavy atom. The minimum absolute atomic E-state index is 0.0221. The monoisotopic (exact) mass is 1420 g/mol. The van der Waals surface area contributed by atoms with Gasteiger partial charge in [-0.1, -0.05) is 61.8 Å². The number of nitrogens with zero attached hydrogens (tertiary/aromatic N) is 3. The van der Waals surface area contributed by atoms with Gasteiger partial charge in [0.1, 0.15) is 76.0 Å². The van der Waals surface area contributed by atoms with E-state index < -0.39 is 190 Å². The molecule has 3 aliphatic heterocycles. The highest BCUT2D eigenvalue weighted by molar-refractivity contribution is 6.03. The second-order valence-electron chi connectivity index (χ2n) is 30.9. The summed E-state index contributed by atoms with van der Waals surface area (Å²) in [5.41, 5.74) is -2.79. The number of nitrogens with two attached hydrogens (primary N) is 1. The lowest BCUT2D eigenvalue weighted by Crippen LogP contribution is -2.65. The number of hydrogen-bond donors (Lipinski definition) is 14. The van der Waals surface area contributed by atoms with Crippen molar-refractivity contribution in [3.63, 3.8) is 0 Å². The highest BCUT2D eigenvalue weighted by Crippen LogP contribution is 2.27. The maximum Gasteiger partial charge on any atom is 0.248 e. The summed E-state index contributed by atoms with van der Waals surface area (Å²) in [5, 5.41) is 49.4. The van der Waals surface area contributed by atoms with Crippen molar-refractivity contribution in [1.82, 2.24) is 73.2 Å². The van der Waals surface area contributed by atoms with E-state index in [1.807, 2.05) is 27.7 Å². The third-order valence-electron chi connectivity index (χ3n) is 18.0. The van der Waals surface area contributed by atoms with Gasteiger partial charge in [0, 0.05) is 26.6 Å². The summed E-state index contributed by atoms with van der Waals surface area (Å²) < 4.78 is 0. The molecule has 15 N–H and O–H groups in total. The van der Waals surface area contributed by atoms with Gasteiger partial charge in [-0.05, 0) is 151 Å². The molecule has 3 aliphatic rings. The van der Waals surface area contributed by atoms with Crippen molar-refractivity contribution < 1.29 is 82.1 Å². The minimum atomic E-state index is -1.74. The van der Waals surface area contributed by atoms with Gasteiger partial charge in [0.15, 0.2) is 0 Å². The van der Waals surface area contributed by atoms with Gasteiger partial charge in [-0.3, -0.25) is 71.9 Å². The van der Waals surface area contributed by atoms with Crippen molar-refractivity contribution in [1.29, 1.82) is 0 Å². The molecule has 566 valence electrons. The molecule has 0 aliphatic carbocycles. The van der Waals surface area contributed by atoms with E-state index in [4.69, 9.17) is 5.73 Å². The maximum atomic E-state index is 14.5. The highest BCUT2D eigenvalue weighted by atomic mass is 16.3. The SMILES string of the molecule is CC[C@H](C)[C@H](NC(=O)[C@H](CO)NC(=O)[C@@H]1CCCN1C(=O)C(C)(C)NC(=O)[C@H](CC(C)C)NC(=O)[C@H](CC(N)=O)NC(=O)C(C)(C)NC(C)=O)C(=O)NC(C)(C)C(=O)N1CCC[C@H]1C(=O)NC(C)(C)C(=O)N[C@@H](CC(C)C)C(=O)NC(C)(C)C(=O)N1CCC[C@H]1C(=O)N[C@H](CO)CC(C)C. The zero-order chi connectivity index (χ0) is 76.5. The molecule has 0 unspecified atom stereocenters. The van der Waals surface area contributed by atoms with Crippen molar-refractivity contribution >= 4 is 88.6 Å². The number of primary amides is 1. The van der Waals surface area contributed by atoms with Crippen LogP contribution >= 0.6 is 0 Å². The molecule has 15 amide bonds. The number of aliphatic hydroxyl groups is 2. The summed E-state index contributed by atoms with van der Waals surface area (Å²) in [7, 11) is 0. The number of hydrogen-bond acceptors (Lipinski definition) is 17. The average molecular weight is 1420 g/mol. The first-order chi connectivity index (χ1) is 46.1. The van der Waals surface area contributed by atoms with Crippen molar-refractivity contribution in [2.24, 2.45) is 29.4 Å². The topological polar surface area (TPSA) is 465 Å². The quantitative estimate of drug-likeness (QED) is 0.0336. The van der Waals surface area contributed by atoms with Crippen LogP contribution in [-0.2, 0) is 71.9 Å². The molecule has 0 aromatic heterocycles. The molecular weight excluding hydrogens is 1300 g/mol. The van der Waals surface area contributed by atoms with Crippen LogP contribution in [0.1, 0.15) is 202 Å².